The monoisotopic (exact) mass is 347 g/mol. The van der Waals surface area contributed by atoms with Crippen molar-refractivity contribution in [3.63, 3.8) is 0 Å². The van der Waals surface area contributed by atoms with Crippen LogP contribution >= 0.6 is 23.2 Å². The summed E-state index contributed by atoms with van der Waals surface area (Å²) >= 11 is 11.8. The number of esters is 1. The summed E-state index contributed by atoms with van der Waals surface area (Å²) in [5.74, 6) is -0.384. The molecule has 1 aromatic rings. The number of rotatable bonds is 7. The van der Waals surface area contributed by atoms with E-state index in [1.54, 1.807) is 12.1 Å². The third-order valence-corrected chi connectivity index (χ3v) is 3.33. The molecule has 0 spiro atoms. The molecule has 0 heterocycles. The number of carbonyl (C=O) groups is 2. The molecule has 1 amide bonds. The van der Waals surface area contributed by atoms with Crippen LogP contribution in [-0.4, -0.2) is 31.6 Å². The van der Waals surface area contributed by atoms with E-state index in [0.717, 1.165) is 0 Å². The molecule has 1 aromatic carbocycles. The van der Waals surface area contributed by atoms with E-state index in [1.807, 2.05) is 13.8 Å². The average molecular weight is 348 g/mol. The Morgan fingerprint density at radius 3 is 2.55 bits per heavy atom. The van der Waals surface area contributed by atoms with Crippen LogP contribution < -0.4 is 10.1 Å². The van der Waals surface area contributed by atoms with Gasteiger partial charge in [0.05, 0.1) is 12.1 Å². The van der Waals surface area contributed by atoms with Crippen molar-refractivity contribution in [2.45, 2.75) is 26.3 Å². The molecular formula is C15H19Cl2NO4. The van der Waals surface area contributed by atoms with Crippen LogP contribution in [0.25, 0.3) is 0 Å². The number of halogens is 2. The summed E-state index contributed by atoms with van der Waals surface area (Å²) in [6.07, 6.45) is 0.482. The van der Waals surface area contributed by atoms with E-state index in [1.165, 1.54) is 13.2 Å². The lowest BCUT2D eigenvalue weighted by molar-refractivity contribution is -0.145. The van der Waals surface area contributed by atoms with Gasteiger partial charge in [-0.1, -0.05) is 37.0 Å². The van der Waals surface area contributed by atoms with Crippen LogP contribution in [0, 0.1) is 5.92 Å². The minimum atomic E-state index is -0.698. The molecule has 1 unspecified atom stereocenters. The Bertz CT molecular complexity index is 534. The first-order chi connectivity index (χ1) is 10.3. The summed E-state index contributed by atoms with van der Waals surface area (Å²) in [6.45, 7) is 3.63. The van der Waals surface area contributed by atoms with E-state index in [9.17, 15) is 9.59 Å². The lowest BCUT2D eigenvalue weighted by Crippen LogP contribution is -2.44. The number of ether oxygens (including phenoxy) is 2. The zero-order chi connectivity index (χ0) is 16.7. The van der Waals surface area contributed by atoms with Crippen LogP contribution in [0.4, 0.5) is 0 Å². The molecule has 0 bridgehead atoms. The lowest BCUT2D eigenvalue weighted by Gasteiger charge is -2.18. The molecule has 1 rings (SSSR count). The van der Waals surface area contributed by atoms with Crippen molar-refractivity contribution >= 4 is 35.1 Å². The molecule has 5 nitrogen and oxygen atoms in total. The molecule has 0 aliphatic carbocycles. The Labute approximate surface area is 139 Å². The fraction of sp³-hybridized carbons (Fsp3) is 0.467. The number of carbonyl (C=O) groups excluding carboxylic acids is 2. The number of methoxy groups -OCH3 is 1. The minimum absolute atomic E-state index is 0.229. The second-order valence-corrected chi connectivity index (χ2v) is 5.98. The van der Waals surface area contributed by atoms with Gasteiger partial charge in [-0.25, -0.2) is 4.79 Å². The van der Waals surface area contributed by atoms with E-state index >= 15 is 0 Å². The second-order valence-electron chi connectivity index (χ2n) is 5.14. The van der Waals surface area contributed by atoms with E-state index in [-0.39, 0.29) is 12.5 Å². The van der Waals surface area contributed by atoms with Crippen LogP contribution in [0.15, 0.2) is 18.2 Å². The van der Waals surface area contributed by atoms with Gasteiger partial charge in [0.25, 0.3) is 5.91 Å². The summed E-state index contributed by atoms with van der Waals surface area (Å²) < 4.78 is 10.00. The molecule has 0 saturated heterocycles. The number of hydrogen-bond acceptors (Lipinski definition) is 4. The maximum Gasteiger partial charge on any atom is 0.328 e. The number of benzene rings is 1. The van der Waals surface area contributed by atoms with Crippen molar-refractivity contribution in [1.82, 2.24) is 5.32 Å². The fourth-order valence-corrected chi connectivity index (χ4v) is 2.13. The first kappa shape index (κ1) is 18.6. The Balaban J connectivity index is 2.60. The molecule has 1 atom stereocenters. The summed E-state index contributed by atoms with van der Waals surface area (Å²) in [7, 11) is 1.28. The van der Waals surface area contributed by atoms with E-state index < -0.39 is 17.9 Å². The van der Waals surface area contributed by atoms with E-state index in [4.69, 9.17) is 27.9 Å². The van der Waals surface area contributed by atoms with Crippen molar-refractivity contribution in [2.24, 2.45) is 5.92 Å². The Kier molecular flexibility index (Phi) is 7.48. The second kappa shape index (κ2) is 8.86. The molecular weight excluding hydrogens is 329 g/mol. The molecule has 0 fully saturated rings. The van der Waals surface area contributed by atoms with Crippen molar-refractivity contribution in [3.8, 4) is 5.75 Å². The van der Waals surface area contributed by atoms with Gasteiger partial charge in [-0.3, -0.25) is 4.79 Å². The van der Waals surface area contributed by atoms with Crippen LogP contribution in [0.5, 0.6) is 5.75 Å². The maximum atomic E-state index is 11.9. The first-order valence-corrected chi connectivity index (χ1v) is 7.54. The molecule has 0 aliphatic heterocycles. The summed E-state index contributed by atoms with van der Waals surface area (Å²) in [5.41, 5.74) is 0. The Hall–Kier alpha value is -1.46. The van der Waals surface area contributed by atoms with Gasteiger partial charge in [0, 0.05) is 11.1 Å². The molecule has 0 saturated carbocycles. The molecule has 122 valence electrons. The number of amides is 1. The smallest absolute Gasteiger partial charge is 0.328 e. The van der Waals surface area contributed by atoms with Crippen molar-refractivity contribution < 1.29 is 19.1 Å². The first-order valence-electron chi connectivity index (χ1n) is 6.78. The van der Waals surface area contributed by atoms with Gasteiger partial charge >= 0.3 is 5.97 Å². The fourth-order valence-electron chi connectivity index (χ4n) is 1.79. The summed E-state index contributed by atoms with van der Waals surface area (Å²) in [5, 5.41) is 3.39. The zero-order valence-electron chi connectivity index (χ0n) is 12.7. The zero-order valence-corrected chi connectivity index (χ0v) is 14.2. The molecule has 1 N–H and O–H groups in total. The van der Waals surface area contributed by atoms with Crippen molar-refractivity contribution in [3.05, 3.63) is 28.2 Å². The van der Waals surface area contributed by atoms with Gasteiger partial charge in [0.2, 0.25) is 0 Å². The highest BCUT2D eigenvalue weighted by atomic mass is 35.5. The topological polar surface area (TPSA) is 64.6 Å². The van der Waals surface area contributed by atoms with Gasteiger partial charge < -0.3 is 14.8 Å². The molecule has 22 heavy (non-hydrogen) atoms. The standard InChI is InChI=1S/C15H19Cl2NO4/c1-9(2)6-12(15(20)21-3)18-14(19)8-22-13-7-10(16)4-5-11(13)17/h4-5,7,9,12H,6,8H2,1-3H3,(H,18,19). The van der Waals surface area contributed by atoms with Gasteiger partial charge in [-0.15, -0.1) is 0 Å². The average Bonchev–Trinajstić information content (AvgIpc) is 2.46. The van der Waals surface area contributed by atoms with Crippen molar-refractivity contribution in [1.29, 1.82) is 0 Å². The number of nitrogens with one attached hydrogen (secondary N) is 1. The highest BCUT2D eigenvalue weighted by Crippen LogP contribution is 2.27. The van der Waals surface area contributed by atoms with Gasteiger partial charge in [0.15, 0.2) is 6.61 Å². The summed E-state index contributed by atoms with van der Waals surface area (Å²) in [4.78, 5) is 23.5. The molecule has 0 aromatic heterocycles. The number of hydrogen-bond donors (Lipinski definition) is 1. The quantitative estimate of drug-likeness (QED) is 0.769. The highest BCUT2D eigenvalue weighted by molar-refractivity contribution is 6.34. The third kappa shape index (κ3) is 6.12. The predicted molar refractivity (Wildman–Crippen MR) is 85.4 cm³/mol. The minimum Gasteiger partial charge on any atom is -0.482 e. The Morgan fingerprint density at radius 2 is 1.95 bits per heavy atom. The Morgan fingerprint density at radius 1 is 1.27 bits per heavy atom. The van der Waals surface area contributed by atoms with E-state index in [2.05, 4.69) is 10.1 Å². The maximum absolute atomic E-state index is 11.9. The van der Waals surface area contributed by atoms with Crippen LogP contribution in [-0.2, 0) is 14.3 Å². The molecule has 0 radical (unpaired) electrons. The van der Waals surface area contributed by atoms with Crippen LogP contribution in [0.2, 0.25) is 10.0 Å². The van der Waals surface area contributed by atoms with Crippen LogP contribution in [0.1, 0.15) is 20.3 Å². The van der Waals surface area contributed by atoms with Gasteiger partial charge in [-0.2, -0.15) is 0 Å². The van der Waals surface area contributed by atoms with Gasteiger partial charge in [-0.05, 0) is 24.5 Å². The molecule has 7 heteroatoms. The van der Waals surface area contributed by atoms with E-state index in [0.29, 0.717) is 22.2 Å². The lowest BCUT2D eigenvalue weighted by atomic mass is 10.0. The SMILES string of the molecule is COC(=O)C(CC(C)C)NC(=O)COc1cc(Cl)ccc1Cl. The molecule has 0 aliphatic rings. The van der Waals surface area contributed by atoms with Gasteiger partial charge in [0.1, 0.15) is 11.8 Å². The highest BCUT2D eigenvalue weighted by Gasteiger charge is 2.22. The van der Waals surface area contributed by atoms with Crippen LogP contribution in [0.3, 0.4) is 0 Å². The largest absolute Gasteiger partial charge is 0.482 e. The third-order valence-electron chi connectivity index (χ3n) is 2.78. The normalized spacial score (nSPS) is 11.9. The summed E-state index contributed by atoms with van der Waals surface area (Å²) in [6, 6.07) is 4.01. The van der Waals surface area contributed by atoms with Crippen molar-refractivity contribution in [2.75, 3.05) is 13.7 Å². The predicted octanol–water partition coefficient (Wildman–Crippen LogP) is 3.08.